The van der Waals surface area contributed by atoms with Crippen molar-refractivity contribution in [2.75, 3.05) is 0 Å². The molecule has 1 aromatic carbocycles. The predicted molar refractivity (Wildman–Crippen MR) is 64.7 cm³/mol. The highest BCUT2D eigenvalue weighted by Gasteiger charge is 2.11. The maximum absolute atomic E-state index is 10.9. The molecule has 0 bridgehead atoms. The number of halogens is 1. The molecule has 0 spiro atoms. The van der Waals surface area contributed by atoms with E-state index in [0.717, 1.165) is 10.8 Å². The number of hydrogen-bond acceptors (Lipinski definition) is 2. The third-order valence-electron chi connectivity index (χ3n) is 2.65. The molecule has 0 aliphatic heterocycles. The Kier molecular flexibility index (Phi) is 2.06. The molecule has 0 atom stereocenters. The summed E-state index contributed by atoms with van der Waals surface area (Å²) in [5, 5.41) is 11.2. The Morgan fingerprint density at radius 2 is 2.12 bits per heavy atom. The summed E-state index contributed by atoms with van der Waals surface area (Å²) < 4.78 is 1.68. The highest BCUT2D eigenvalue weighted by atomic mass is 35.5. The van der Waals surface area contributed by atoms with Crippen LogP contribution in [-0.4, -0.2) is 20.5 Å². The van der Waals surface area contributed by atoms with Crippen LogP contribution < -0.4 is 0 Å². The molecule has 2 heterocycles. The average Bonchev–Trinajstić information content (AvgIpc) is 2.73. The quantitative estimate of drug-likeness (QED) is 0.718. The van der Waals surface area contributed by atoms with Gasteiger partial charge in [0, 0.05) is 28.2 Å². The molecule has 0 unspecified atom stereocenters. The minimum atomic E-state index is -1.04. The number of carboxylic acid groups (broad SMARTS) is 1. The first-order valence-electron chi connectivity index (χ1n) is 4.96. The number of aromatic nitrogens is 2. The summed E-state index contributed by atoms with van der Waals surface area (Å²) in [5.74, 6) is -1.04. The SMILES string of the molecule is O=C(O)c1cn2ccc3c(Cl)cccc3c2n1. The zero-order valence-corrected chi connectivity index (χ0v) is 9.35. The van der Waals surface area contributed by atoms with Gasteiger partial charge in [0.15, 0.2) is 5.69 Å². The van der Waals surface area contributed by atoms with Crippen molar-refractivity contribution in [3.63, 3.8) is 0 Å². The lowest BCUT2D eigenvalue weighted by Crippen LogP contribution is -1.94. The lowest BCUT2D eigenvalue weighted by molar-refractivity contribution is 0.0691. The fourth-order valence-electron chi connectivity index (χ4n) is 1.87. The first-order valence-corrected chi connectivity index (χ1v) is 5.34. The smallest absolute Gasteiger partial charge is 0.356 e. The van der Waals surface area contributed by atoms with E-state index in [1.165, 1.54) is 6.20 Å². The van der Waals surface area contributed by atoms with Gasteiger partial charge in [-0.15, -0.1) is 0 Å². The van der Waals surface area contributed by atoms with Crippen LogP contribution in [0.15, 0.2) is 36.7 Å². The van der Waals surface area contributed by atoms with Crippen LogP contribution in [0.25, 0.3) is 16.4 Å². The van der Waals surface area contributed by atoms with E-state index in [9.17, 15) is 4.79 Å². The first-order chi connectivity index (χ1) is 8.16. The van der Waals surface area contributed by atoms with Crippen molar-refractivity contribution in [2.24, 2.45) is 0 Å². The maximum atomic E-state index is 10.9. The van der Waals surface area contributed by atoms with Gasteiger partial charge in [0.25, 0.3) is 0 Å². The van der Waals surface area contributed by atoms with Crippen LogP contribution in [0.1, 0.15) is 10.5 Å². The molecule has 0 amide bonds. The number of aromatic carboxylic acids is 1. The van der Waals surface area contributed by atoms with Crippen molar-refractivity contribution >= 4 is 34.0 Å². The molecule has 4 nitrogen and oxygen atoms in total. The van der Waals surface area contributed by atoms with Crippen LogP contribution in [0.2, 0.25) is 5.02 Å². The van der Waals surface area contributed by atoms with Gasteiger partial charge in [0.2, 0.25) is 0 Å². The van der Waals surface area contributed by atoms with Gasteiger partial charge < -0.3 is 9.51 Å². The van der Waals surface area contributed by atoms with Crippen LogP contribution in [0.4, 0.5) is 0 Å². The molecule has 3 rings (SSSR count). The van der Waals surface area contributed by atoms with Gasteiger partial charge in [0.1, 0.15) is 5.65 Å². The number of carbonyl (C=O) groups is 1. The van der Waals surface area contributed by atoms with Crippen molar-refractivity contribution < 1.29 is 9.90 Å². The standard InChI is InChI=1S/C12H7ClN2O2/c13-9-3-1-2-8-7(9)4-5-15-6-10(12(16)17)14-11(8)15/h1-6H,(H,16,17). The largest absolute Gasteiger partial charge is 0.476 e. The number of nitrogens with zero attached hydrogens (tertiary/aromatic N) is 2. The molecule has 0 fully saturated rings. The van der Waals surface area contributed by atoms with Gasteiger partial charge in [-0.2, -0.15) is 0 Å². The van der Waals surface area contributed by atoms with Crippen molar-refractivity contribution in [3.05, 3.63) is 47.4 Å². The van der Waals surface area contributed by atoms with Crippen molar-refractivity contribution in [2.45, 2.75) is 0 Å². The van der Waals surface area contributed by atoms with E-state index in [1.54, 1.807) is 16.7 Å². The molecule has 0 radical (unpaired) electrons. The van der Waals surface area contributed by atoms with Crippen LogP contribution in [-0.2, 0) is 0 Å². The number of hydrogen-bond donors (Lipinski definition) is 1. The fraction of sp³-hybridized carbons (Fsp3) is 0. The Labute approximate surface area is 101 Å². The minimum Gasteiger partial charge on any atom is -0.476 e. The van der Waals surface area contributed by atoms with E-state index in [2.05, 4.69) is 4.98 Å². The third-order valence-corrected chi connectivity index (χ3v) is 2.98. The summed E-state index contributed by atoms with van der Waals surface area (Å²) in [6.07, 6.45) is 3.24. The molecule has 5 heteroatoms. The minimum absolute atomic E-state index is 0.0254. The van der Waals surface area contributed by atoms with E-state index < -0.39 is 5.97 Å². The molecule has 0 aliphatic carbocycles. The number of rotatable bonds is 1. The van der Waals surface area contributed by atoms with Gasteiger partial charge >= 0.3 is 5.97 Å². The second-order valence-electron chi connectivity index (χ2n) is 3.68. The van der Waals surface area contributed by atoms with Gasteiger partial charge in [-0.05, 0) is 12.1 Å². The number of fused-ring (bicyclic) bond motifs is 3. The summed E-state index contributed by atoms with van der Waals surface area (Å²) in [6.45, 7) is 0. The van der Waals surface area contributed by atoms with E-state index in [1.807, 2.05) is 18.2 Å². The van der Waals surface area contributed by atoms with Crippen LogP contribution in [0, 0.1) is 0 Å². The van der Waals surface area contributed by atoms with Gasteiger partial charge in [-0.1, -0.05) is 23.7 Å². The number of benzene rings is 1. The Balaban J connectivity index is 2.47. The summed E-state index contributed by atoms with van der Waals surface area (Å²) in [6, 6.07) is 7.33. The first kappa shape index (κ1) is 10.1. The molecular weight excluding hydrogens is 240 g/mol. The number of imidazole rings is 1. The van der Waals surface area contributed by atoms with Crippen LogP contribution >= 0.6 is 11.6 Å². The van der Waals surface area contributed by atoms with Gasteiger partial charge in [0.05, 0.1) is 0 Å². The lowest BCUT2D eigenvalue weighted by atomic mass is 10.2. The van der Waals surface area contributed by atoms with Crippen molar-refractivity contribution in [1.82, 2.24) is 9.38 Å². The molecule has 17 heavy (non-hydrogen) atoms. The summed E-state index contributed by atoms with van der Waals surface area (Å²) in [4.78, 5) is 15.0. The number of carboxylic acids is 1. The monoisotopic (exact) mass is 246 g/mol. The maximum Gasteiger partial charge on any atom is 0.356 e. The molecule has 0 saturated heterocycles. The van der Waals surface area contributed by atoms with E-state index in [4.69, 9.17) is 16.7 Å². The predicted octanol–water partition coefficient (Wildman–Crippen LogP) is 2.84. The Morgan fingerprint density at radius 1 is 1.29 bits per heavy atom. The molecule has 84 valence electrons. The highest BCUT2D eigenvalue weighted by Crippen LogP contribution is 2.26. The topological polar surface area (TPSA) is 54.6 Å². The normalized spacial score (nSPS) is 11.1. The van der Waals surface area contributed by atoms with E-state index in [-0.39, 0.29) is 5.69 Å². The summed E-state index contributed by atoms with van der Waals surface area (Å²) in [7, 11) is 0. The third kappa shape index (κ3) is 1.45. The summed E-state index contributed by atoms with van der Waals surface area (Å²) >= 11 is 6.07. The van der Waals surface area contributed by atoms with Crippen molar-refractivity contribution in [3.8, 4) is 0 Å². The van der Waals surface area contributed by atoms with Crippen LogP contribution in [0.5, 0.6) is 0 Å². The molecule has 3 aromatic rings. The zero-order valence-electron chi connectivity index (χ0n) is 8.59. The highest BCUT2D eigenvalue weighted by molar-refractivity contribution is 6.35. The van der Waals surface area contributed by atoms with Crippen molar-refractivity contribution in [1.29, 1.82) is 0 Å². The van der Waals surface area contributed by atoms with Gasteiger partial charge in [-0.3, -0.25) is 0 Å². The Bertz CT molecular complexity index is 749. The lowest BCUT2D eigenvalue weighted by Gasteiger charge is -2.01. The molecular formula is C12H7ClN2O2. The second kappa shape index (κ2) is 3.46. The molecule has 0 aliphatic rings. The molecule has 1 N–H and O–H groups in total. The Hall–Kier alpha value is -2.07. The van der Waals surface area contributed by atoms with E-state index >= 15 is 0 Å². The zero-order chi connectivity index (χ0) is 12.0. The Morgan fingerprint density at radius 3 is 2.88 bits per heavy atom. The number of pyridine rings is 1. The second-order valence-corrected chi connectivity index (χ2v) is 4.09. The van der Waals surface area contributed by atoms with Gasteiger partial charge in [-0.25, -0.2) is 9.78 Å². The molecule has 0 saturated carbocycles. The fourth-order valence-corrected chi connectivity index (χ4v) is 2.10. The molecule has 2 aromatic heterocycles. The average molecular weight is 247 g/mol. The van der Waals surface area contributed by atoms with Crippen LogP contribution in [0.3, 0.4) is 0 Å². The van der Waals surface area contributed by atoms with E-state index in [0.29, 0.717) is 10.7 Å². The summed E-state index contributed by atoms with van der Waals surface area (Å²) in [5.41, 5.74) is 0.625.